The number of imide groups is 2. The lowest BCUT2D eigenvalue weighted by Crippen LogP contribution is -2.32. The number of carbonyl (C=O) groups excluding carboxylic acids is 8. The average molecular weight is 442 g/mol. The highest BCUT2D eigenvalue weighted by Crippen LogP contribution is 2.14. The zero-order valence-electron chi connectivity index (χ0n) is 16.2. The van der Waals surface area contributed by atoms with Gasteiger partial charge in [0, 0.05) is 25.7 Å². The monoisotopic (exact) mass is 442 g/mol. The Balaban J connectivity index is 1.55. The van der Waals surface area contributed by atoms with Crippen molar-refractivity contribution in [2.45, 2.75) is 51.4 Å². The zero-order valence-corrected chi connectivity index (χ0v) is 16.2. The third kappa shape index (κ3) is 7.17. The molecule has 2 rings (SSSR count). The average Bonchev–Trinajstić information content (AvgIpc) is 3.21. The van der Waals surface area contributed by atoms with Crippen LogP contribution in [-0.2, 0) is 57.5 Å². The molecule has 2 aliphatic heterocycles. The minimum Gasteiger partial charge on any atom is -0.428 e. The second-order valence-electron chi connectivity index (χ2n) is 6.24. The second kappa shape index (κ2) is 10.8. The van der Waals surface area contributed by atoms with E-state index in [2.05, 4.69) is 19.1 Å². The van der Waals surface area contributed by atoms with Crippen molar-refractivity contribution in [3.05, 3.63) is 0 Å². The van der Waals surface area contributed by atoms with Gasteiger partial charge >= 0.3 is 23.9 Å². The van der Waals surface area contributed by atoms with Gasteiger partial charge in [-0.15, -0.1) is 10.1 Å². The topological polar surface area (TPSA) is 180 Å². The SMILES string of the molecule is O=C(CCC(=O)ON1C(=O)CCC1=O)OCOC(=O)CCC(=O)ON1C(=O)CCC1=O. The van der Waals surface area contributed by atoms with E-state index in [0.717, 1.165) is 0 Å². The van der Waals surface area contributed by atoms with E-state index in [1.165, 1.54) is 0 Å². The van der Waals surface area contributed by atoms with Gasteiger partial charge in [-0.05, 0) is 0 Å². The highest BCUT2D eigenvalue weighted by molar-refractivity contribution is 6.02. The first-order valence-corrected chi connectivity index (χ1v) is 9.11. The fourth-order valence-corrected chi connectivity index (χ4v) is 2.32. The quantitative estimate of drug-likeness (QED) is 0.224. The molecule has 0 spiro atoms. The molecule has 0 radical (unpaired) electrons. The van der Waals surface area contributed by atoms with Gasteiger partial charge in [0.15, 0.2) is 0 Å². The summed E-state index contributed by atoms with van der Waals surface area (Å²) in [5.41, 5.74) is 0. The molecule has 0 bridgehead atoms. The number of hydrogen-bond acceptors (Lipinski definition) is 12. The van der Waals surface area contributed by atoms with E-state index < -0.39 is 80.0 Å². The predicted molar refractivity (Wildman–Crippen MR) is 89.9 cm³/mol. The molecule has 2 saturated heterocycles. The number of amides is 4. The molecule has 2 aliphatic rings. The molecule has 14 nitrogen and oxygen atoms in total. The van der Waals surface area contributed by atoms with Gasteiger partial charge in [0.2, 0.25) is 6.79 Å². The second-order valence-corrected chi connectivity index (χ2v) is 6.24. The molecule has 168 valence electrons. The Kier molecular flexibility index (Phi) is 8.16. The first-order chi connectivity index (χ1) is 14.7. The first kappa shape index (κ1) is 23.4. The first-order valence-electron chi connectivity index (χ1n) is 9.11. The Morgan fingerprint density at radius 1 is 0.548 bits per heavy atom. The molecule has 0 aromatic rings. The maximum absolute atomic E-state index is 11.5. The van der Waals surface area contributed by atoms with E-state index in [-0.39, 0.29) is 25.7 Å². The molecule has 0 unspecified atom stereocenters. The largest absolute Gasteiger partial charge is 0.428 e. The van der Waals surface area contributed by atoms with Gasteiger partial charge in [0.25, 0.3) is 23.6 Å². The molecule has 0 N–H and O–H groups in total. The number of hydrogen-bond donors (Lipinski definition) is 0. The van der Waals surface area contributed by atoms with E-state index in [4.69, 9.17) is 0 Å². The van der Waals surface area contributed by atoms with Crippen molar-refractivity contribution in [2.24, 2.45) is 0 Å². The van der Waals surface area contributed by atoms with Crippen LogP contribution in [-0.4, -0.2) is 64.4 Å². The third-order valence-electron chi connectivity index (χ3n) is 3.90. The van der Waals surface area contributed by atoms with E-state index in [9.17, 15) is 38.4 Å². The van der Waals surface area contributed by atoms with Crippen LogP contribution in [0.4, 0.5) is 0 Å². The van der Waals surface area contributed by atoms with Crippen LogP contribution in [0.2, 0.25) is 0 Å². The van der Waals surface area contributed by atoms with Gasteiger partial charge in [-0.25, -0.2) is 9.59 Å². The summed E-state index contributed by atoms with van der Waals surface area (Å²) in [7, 11) is 0. The van der Waals surface area contributed by atoms with Crippen molar-refractivity contribution in [1.29, 1.82) is 0 Å². The Hall–Kier alpha value is -3.84. The van der Waals surface area contributed by atoms with Gasteiger partial charge in [-0.1, -0.05) is 0 Å². The van der Waals surface area contributed by atoms with Crippen LogP contribution in [0.15, 0.2) is 0 Å². The molecule has 4 amide bonds. The van der Waals surface area contributed by atoms with Crippen LogP contribution in [0.5, 0.6) is 0 Å². The fourth-order valence-electron chi connectivity index (χ4n) is 2.32. The number of hydroxylamine groups is 4. The summed E-state index contributed by atoms with van der Waals surface area (Å²) >= 11 is 0. The Morgan fingerprint density at radius 3 is 1.16 bits per heavy atom. The summed E-state index contributed by atoms with van der Waals surface area (Å²) in [5.74, 6) is -6.46. The molecule has 2 fully saturated rings. The Bertz CT molecular complexity index is 722. The smallest absolute Gasteiger partial charge is 0.333 e. The van der Waals surface area contributed by atoms with E-state index in [1.54, 1.807) is 0 Å². The van der Waals surface area contributed by atoms with Crippen LogP contribution in [0, 0.1) is 0 Å². The summed E-state index contributed by atoms with van der Waals surface area (Å²) < 4.78 is 9.13. The molecule has 0 aromatic heterocycles. The maximum Gasteiger partial charge on any atom is 0.333 e. The molecule has 31 heavy (non-hydrogen) atoms. The molecular formula is C17H18N2O12. The fraction of sp³-hybridized carbons (Fsp3) is 0.529. The summed E-state index contributed by atoms with van der Waals surface area (Å²) in [6.45, 7) is -0.784. The van der Waals surface area contributed by atoms with Crippen LogP contribution >= 0.6 is 0 Å². The Morgan fingerprint density at radius 2 is 0.839 bits per heavy atom. The van der Waals surface area contributed by atoms with E-state index in [1.807, 2.05) is 0 Å². The number of nitrogens with zero attached hydrogens (tertiary/aromatic N) is 2. The summed E-state index contributed by atoms with van der Waals surface area (Å²) in [4.78, 5) is 100. The van der Waals surface area contributed by atoms with Crippen molar-refractivity contribution in [1.82, 2.24) is 10.1 Å². The van der Waals surface area contributed by atoms with Crippen LogP contribution in [0.3, 0.4) is 0 Å². The lowest BCUT2D eigenvalue weighted by molar-refractivity contribution is -0.198. The van der Waals surface area contributed by atoms with E-state index >= 15 is 0 Å². The lowest BCUT2D eigenvalue weighted by Gasteiger charge is -2.12. The minimum absolute atomic E-state index is 0.0637. The highest BCUT2D eigenvalue weighted by Gasteiger charge is 2.33. The third-order valence-corrected chi connectivity index (χ3v) is 3.90. The number of esters is 2. The maximum atomic E-state index is 11.5. The van der Waals surface area contributed by atoms with Gasteiger partial charge in [-0.3, -0.25) is 28.8 Å². The van der Waals surface area contributed by atoms with Crippen LogP contribution < -0.4 is 0 Å². The lowest BCUT2D eigenvalue weighted by atomic mass is 10.3. The van der Waals surface area contributed by atoms with Crippen molar-refractivity contribution in [3.63, 3.8) is 0 Å². The van der Waals surface area contributed by atoms with Gasteiger partial charge in [-0.2, -0.15) is 0 Å². The molecule has 2 heterocycles. The molecule has 0 atom stereocenters. The molecule has 14 heteroatoms. The normalized spacial score (nSPS) is 15.9. The number of rotatable bonds is 10. The van der Waals surface area contributed by atoms with Crippen molar-refractivity contribution in [3.8, 4) is 0 Å². The number of ether oxygens (including phenoxy) is 2. The predicted octanol–water partition coefficient (Wildman–Crippen LogP) is -1.19. The molecule has 0 aromatic carbocycles. The van der Waals surface area contributed by atoms with Crippen molar-refractivity contribution >= 4 is 47.5 Å². The van der Waals surface area contributed by atoms with E-state index in [0.29, 0.717) is 10.1 Å². The highest BCUT2D eigenvalue weighted by atomic mass is 16.7. The van der Waals surface area contributed by atoms with Crippen molar-refractivity contribution < 1.29 is 57.5 Å². The molecule has 0 aliphatic carbocycles. The van der Waals surface area contributed by atoms with Gasteiger partial charge < -0.3 is 19.1 Å². The number of carbonyl (C=O) groups is 8. The van der Waals surface area contributed by atoms with Crippen LogP contribution in [0.1, 0.15) is 51.4 Å². The van der Waals surface area contributed by atoms with Gasteiger partial charge in [0.1, 0.15) is 0 Å². The molecule has 0 saturated carbocycles. The standard InChI is InChI=1S/C17H18N2O12/c20-10-1-2-11(21)18(10)30-16(26)7-5-14(24)28-9-29-15(25)6-8-17(27)31-19-12(22)3-4-13(19)23/h1-9H2. The minimum atomic E-state index is -0.994. The van der Waals surface area contributed by atoms with Gasteiger partial charge in [0.05, 0.1) is 25.7 Å². The Labute approximate surface area is 174 Å². The molecular weight excluding hydrogens is 424 g/mol. The zero-order chi connectivity index (χ0) is 23.0. The summed E-state index contributed by atoms with van der Waals surface area (Å²) in [6, 6.07) is 0. The summed E-state index contributed by atoms with van der Waals surface area (Å²) in [6.07, 6.45) is -2.14. The van der Waals surface area contributed by atoms with Crippen LogP contribution in [0.25, 0.3) is 0 Å². The summed E-state index contributed by atoms with van der Waals surface area (Å²) in [5, 5.41) is 0.686. The van der Waals surface area contributed by atoms with Crippen molar-refractivity contribution in [2.75, 3.05) is 6.79 Å².